The van der Waals surface area contributed by atoms with E-state index in [-0.39, 0.29) is 5.91 Å². The molecule has 0 unspecified atom stereocenters. The molecule has 0 radical (unpaired) electrons. The lowest BCUT2D eigenvalue weighted by Gasteiger charge is -2.10. The monoisotopic (exact) mass is 318 g/mol. The van der Waals surface area contributed by atoms with Crippen LogP contribution in [-0.4, -0.2) is 26.4 Å². The SMILES string of the molecule is CCc1nnc(SCC(=O)Nc2cccc(C)c2C)n1CC. The van der Waals surface area contributed by atoms with Crippen molar-refractivity contribution in [3.63, 3.8) is 0 Å². The molecule has 5 nitrogen and oxygen atoms in total. The number of carbonyl (C=O) groups is 1. The zero-order chi connectivity index (χ0) is 16.1. The predicted octanol–water partition coefficient (Wildman–Crippen LogP) is 3.21. The third-order valence-corrected chi connectivity index (χ3v) is 4.60. The Bertz CT molecular complexity index is 666. The standard InChI is InChI=1S/C16H22N4OS/c1-5-14-18-19-16(20(14)6-2)22-10-15(21)17-13-9-7-8-11(3)12(13)4/h7-9H,5-6,10H2,1-4H3,(H,17,21). The van der Waals surface area contributed by atoms with Crippen LogP contribution in [0.25, 0.3) is 0 Å². The second-order valence-corrected chi connectivity index (χ2v) is 6.02. The highest BCUT2D eigenvalue weighted by molar-refractivity contribution is 7.99. The Morgan fingerprint density at radius 3 is 2.73 bits per heavy atom. The van der Waals surface area contributed by atoms with Crippen LogP contribution in [0.1, 0.15) is 30.8 Å². The van der Waals surface area contributed by atoms with E-state index in [4.69, 9.17) is 0 Å². The summed E-state index contributed by atoms with van der Waals surface area (Å²) in [5.41, 5.74) is 3.14. The van der Waals surface area contributed by atoms with Crippen molar-refractivity contribution < 1.29 is 4.79 Å². The van der Waals surface area contributed by atoms with Gasteiger partial charge in [0.25, 0.3) is 0 Å². The normalized spacial score (nSPS) is 10.7. The minimum Gasteiger partial charge on any atom is -0.325 e. The summed E-state index contributed by atoms with van der Waals surface area (Å²) in [6, 6.07) is 5.91. The Balaban J connectivity index is 1.99. The van der Waals surface area contributed by atoms with Crippen molar-refractivity contribution in [1.82, 2.24) is 14.8 Å². The minimum absolute atomic E-state index is 0.0256. The lowest BCUT2D eigenvalue weighted by Crippen LogP contribution is -2.15. The van der Waals surface area contributed by atoms with Gasteiger partial charge in [0.1, 0.15) is 5.82 Å². The topological polar surface area (TPSA) is 59.8 Å². The molecule has 6 heteroatoms. The van der Waals surface area contributed by atoms with Crippen LogP contribution in [0.15, 0.2) is 23.4 Å². The number of carbonyl (C=O) groups excluding carboxylic acids is 1. The average Bonchev–Trinajstić information content (AvgIpc) is 2.91. The van der Waals surface area contributed by atoms with Gasteiger partial charge >= 0.3 is 0 Å². The van der Waals surface area contributed by atoms with E-state index in [1.54, 1.807) is 0 Å². The summed E-state index contributed by atoms with van der Waals surface area (Å²) in [4.78, 5) is 12.1. The van der Waals surface area contributed by atoms with Crippen LogP contribution in [-0.2, 0) is 17.8 Å². The van der Waals surface area contributed by atoms with Gasteiger partial charge in [0, 0.05) is 18.7 Å². The molecule has 118 valence electrons. The Kier molecular flexibility index (Phi) is 5.60. The van der Waals surface area contributed by atoms with Crippen LogP contribution >= 0.6 is 11.8 Å². The molecule has 0 aliphatic heterocycles. The van der Waals surface area contributed by atoms with Crippen LogP contribution in [0.4, 0.5) is 5.69 Å². The first kappa shape index (κ1) is 16.5. The molecular weight excluding hydrogens is 296 g/mol. The Labute approximate surface area is 135 Å². The Morgan fingerprint density at radius 2 is 2.05 bits per heavy atom. The smallest absolute Gasteiger partial charge is 0.234 e. The number of nitrogens with one attached hydrogen (secondary N) is 1. The number of amides is 1. The molecule has 2 aromatic rings. The molecule has 0 aliphatic carbocycles. The second kappa shape index (κ2) is 7.45. The lowest BCUT2D eigenvalue weighted by atomic mass is 10.1. The molecule has 0 saturated heterocycles. The maximum Gasteiger partial charge on any atom is 0.234 e. The summed E-state index contributed by atoms with van der Waals surface area (Å²) >= 11 is 1.42. The van der Waals surface area contributed by atoms with E-state index in [0.717, 1.165) is 35.2 Å². The van der Waals surface area contributed by atoms with Crippen LogP contribution < -0.4 is 5.32 Å². The van der Waals surface area contributed by atoms with Crippen molar-refractivity contribution >= 4 is 23.4 Å². The highest BCUT2D eigenvalue weighted by Gasteiger charge is 2.12. The van der Waals surface area contributed by atoms with Gasteiger partial charge in [-0.2, -0.15) is 0 Å². The number of nitrogens with zero attached hydrogens (tertiary/aromatic N) is 3. The highest BCUT2D eigenvalue weighted by atomic mass is 32.2. The molecular formula is C16H22N4OS. The van der Waals surface area contributed by atoms with E-state index in [2.05, 4.69) is 33.9 Å². The highest BCUT2D eigenvalue weighted by Crippen LogP contribution is 2.20. The van der Waals surface area contributed by atoms with Gasteiger partial charge in [0.05, 0.1) is 5.75 Å². The fraction of sp³-hybridized carbons (Fsp3) is 0.438. The number of aryl methyl sites for hydroxylation is 2. The van der Waals surface area contributed by atoms with E-state index < -0.39 is 0 Å². The van der Waals surface area contributed by atoms with Crippen LogP contribution in [0.5, 0.6) is 0 Å². The van der Waals surface area contributed by atoms with E-state index in [1.165, 1.54) is 17.3 Å². The molecule has 1 aromatic carbocycles. The average molecular weight is 318 g/mol. The quantitative estimate of drug-likeness (QED) is 0.831. The van der Waals surface area contributed by atoms with Crippen LogP contribution in [0.3, 0.4) is 0 Å². The van der Waals surface area contributed by atoms with Crippen molar-refractivity contribution in [3.8, 4) is 0 Å². The zero-order valence-electron chi connectivity index (χ0n) is 13.5. The summed E-state index contributed by atoms with van der Waals surface area (Å²) in [6.45, 7) is 8.98. The summed E-state index contributed by atoms with van der Waals surface area (Å²) < 4.78 is 2.05. The number of hydrogen-bond donors (Lipinski definition) is 1. The number of anilines is 1. The van der Waals surface area contributed by atoms with Gasteiger partial charge in [-0.1, -0.05) is 30.8 Å². The van der Waals surface area contributed by atoms with Crippen molar-refractivity contribution in [2.45, 2.75) is 45.8 Å². The molecule has 0 spiro atoms. The van der Waals surface area contributed by atoms with Crippen LogP contribution in [0.2, 0.25) is 0 Å². The summed E-state index contributed by atoms with van der Waals surface area (Å²) in [7, 11) is 0. The molecule has 0 saturated carbocycles. The maximum absolute atomic E-state index is 12.1. The molecule has 0 fully saturated rings. The van der Waals surface area contributed by atoms with Gasteiger partial charge in [0.15, 0.2) is 5.16 Å². The number of aromatic nitrogens is 3. The molecule has 2 rings (SSSR count). The largest absolute Gasteiger partial charge is 0.325 e. The van der Waals surface area contributed by atoms with Crippen LogP contribution in [0, 0.1) is 13.8 Å². The third-order valence-electron chi connectivity index (χ3n) is 3.64. The minimum atomic E-state index is -0.0256. The van der Waals surface area contributed by atoms with Gasteiger partial charge in [-0.3, -0.25) is 4.79 Å². The van der Waals surface area contributed by atoms with E-state index in [9.17, 15) is 4.79 Å². The first-order chi connectivity index (χ1) is 10.6. The van der Waals surface area contributed by atoms with Crippen molar-refractivity contribution in [2.75, 3.05) is 11.1 Å². The first-order valence-electron chi connectivity index (χ1n) is 7.47. The lowest BCUT2D eigenvalue weighted by molar-refractivity contribution is -0.113. The van der Waals surface area contributed by atoms with Gasteiger partial charge in [-0.15, -0.1) is 10.2 Å². The van der Waals surface area contributed by atoms with E-state index >= 15 is 0 Å². The Morgan fingerprint density at radius 1 is 1.27 bits per heavy atom. The van der Waals surface area contributed by atoms with E-state index in [1.807, 2.05) is 32.0 Å². The van der Waals surface area contributed by atoms with Crippen molar-refractivity contribution in [1.29, 1.82) is 0 Å². The summed E-state index contributed by atoms with van der Waals surface area (Å²) in [5.74, 6) is 1.26. The fourth-order valence-corrected chi connectivity index (χ4v) is 3.03. The van der Waals surface area contributed by atoms with Gasteiger partial charge < -0.3 is 9.88 Å². The van der Waals surface area contributed by atoms with E-state index in [0.29, 0.717) is 5.75 Å². The molecule has 0 bridgehead atoms. The maximum atomic E-state index is 12.1. The van der Waals surface area contributed by atoms with Crippen molar-refractivity contribution in [2.24, 2.45) is 0 Å². The van der Waals surface area contributed by atoms with Crippen molar-refractivity contribution in [3.05, 3.63) is 35.2 Å². The molecule has 0 atom stereocenters. The number of rotatable bonds is 6. The molecule has 1 aromatic heterocycles. The molecule has 1 N–H and O–H groups in total. The molecule has 1 heterocycles. The summed E-state index contributed by atoms with van der Waals surface area (Å²) in [5, 5.41) is 12.1. The Hall–Kier alpha value is -1.82. The predicted molar refractivity (Wildman–Crippen MR) is 90.3 cm³/mol. The fourth-order valence-electron chi connectivity index (χ4n) is 2.21. The second-order valence-electron chi connectivity index (χ2n) is 5.08. The number of hydrogen-bond acceptors (Lipinski definition) is 4. The molecule has 0 aliphatic rings. The third kappa shape index (κ3) is 3.68. The van der Waals surface area contributed by atoms with Gasteiger partial charge in [0.2, 0.25) is 5.91 Å². The zero-order valence-corrected chi connectivity index (χ0v) is 14.3. The molecule has 22 heavy (non-hydrogen) atoms. The first-order valence-corrected chi connectivity index (χ1v) is 8.46. The van der Waals surface area contributed by atoms with Gasteiger partial charge in [-0.25, -0.2) is 0 Å². The van der Waals surface area contributed by atoms with Gasteiger partial charge in [-0.05, 0) is 38.0 Å². The number of benzene rings is 1. The molecule has 1 amide bonds. The number of thioether (sulfide) groups is 1. The summed E-state index contributed by atoms with van der Waals surface area (Å²) in [6.07, 6.45) is 0.843.